The molecule has 3 aliphatic rings. The largest absolute Gasteiger partial charge is 0.464 e. The zero-order chi connectivity index (χ0) is 10.4. The van der Waals surface area contributed by atoms with Crippen molar-refractivity contribution in [3.63, 3.8) is 0 Å². The van der Waals surface area contributed by atoms with E-state index in [1.54, 1.807) is 0 Å². The van der Waals surface area contributed by atoms with Gasteiger partial charge in [-0.3, -0.25) is 9.69 Å². The van der Waals surface area contributed by atoms with Crippen LogP contribution in [0.25, 0.3) is 0 Å². The molecule has 2 heterocycles. The van der Waals surface area contributed by atoms with Gasteiger partial charge in [-0.05, 0) is 18.8 Å². The Morgan fingerprint density at radius 1 is 1.27 bits per heavy atom. The van der Waals surface area contributed by atoms with Crippen molar-refractivity contribution in [1.29, 1.82) is 0 Å². The molecule has 4 unspecified atom stereocenters. The Balaban J connectivity index is 1.68. The van der Waals surface area contributed by atoms with Gasteiger partial charge < -0.3 is 9.84 Å². The number of esters is 1. The maximum Gasteiger partial charge on any atom is 0.323 e. The lowest BCUT2D eigenvalue weighted by Crippen LogP contribution is -2.38. The number of likely N-dealkylation sites (tertiary alicyclic amines) is 1. The molecule has 4 heteroatoms. The number of hydrogen-bond donors (Lipinski definition) is 1. The van der Waals surface area contributed by atoms with Crippen LogP contribution in [0.15, 0.2) is 0 Å². The number of aliphatic hydroxyl groups is 1. The van der Waals surface area contributed by atoms with Gasteiger partial charge in [0.15, 0.2) is 0 Å². The lowest BCUT2D eigenvalue weighted by atomic mass is 10.00. The fraction of sp³-hybridized carbons (Fsp3) is 0.909. The fourth-order valence-electron chi connectivity index (χ4n) is 3.34. The molecule has 4 atom stereocenters. The summed E-state index contributed by atoms with van der Waals surface area (Å²) in [5.74, 6) is 0.941. The minimum absolute atomic E-state index is 0.0252. The van der Waals surface area contributed by atoms with Crippen molar-refractivity contribution in [2.75, 3.05) is 19.7 Å². The standard InChI is InChI=1S/C11H17NO3/c13-10-2-1-7-5-12(6-8(7)10)9-3-4-15-11(9)14/h7-10,13H,1-6H2. The van der Waals surface area contributed by atoms with Crippen molar-refractivity contribution < 1.29 is 14.6 Å². The molecule has 0 amide bonds. The Hall–Kier alpha value is -0.610. The summed E-state index contributed by atoms with van der Waals surface area (Å²) in [6, 6.07) is -0.0252. The molecule has 0 bridgehead atoms. The van der Waals surface area contributed by atoms with Gasteiger partial charge in [0.2, 0.25) is 0 Å². The molecule has 3 fully saturated rings. The number of carbonyl (C=O) groups excluding carboxylic acids is 1. The van der Waals surface area contributed by atoms with Crippen molar-refractivity contribution in [3.05, 3.63) is 0 Å². The summed E-state index contributed by atoms with van der Waals surface area (Å²) in [7, 11) is 0. The molecule has 3 rings (SSSR count). The predicted molar refractivity (Wildman–Crippen MR) is 53.2 cm³/mol. The minimum Gasteiger partial charge on any atom is -0.464 e. The van der Waals surface area contributed by atoms with Crippen molar-refractivity contribution in [2.24, 2.45) is 11.8 Å². The number of aliphatic hydroxyl groups excluding tert-OH is 1. The molecule has 84 valence electrons. The van der Waals surface area contributed by atoms with E-state index < -0.39 is 0 Å². The molecular weight excluding hydrogens is 194 g/mol. The molecule has 1 aliphatic carbocycles. The van der Waals surface area contributed by atoms with E-state index in [9.17, 15) is 9.90 Å². The molecule has 0 aromatic rings. The lowest BCUT2D eigenvalue weighted by Gasteiger charge is -2.21. The number of fused-ring (bicyclic) bond motifs is 1. The Morgan fingerprint density at radius 3 is 2.80 bits per heavy atom. The quantitative estimate of drug-likeness (QED) is 0.620. The second-order valence-electron chi connectivity index (χ2n) is 4.99. The van der Waals surface area contributed by atoms with Crippen molar-refractivity contribution >= 4 is 5.97 Å². The molecule has 15 heavy (non-hydrogen) atoms. The molecular formula is C11H17NO3. The van der Waals surface area contributed by atoms with E-state index in [4.69, 9.17) is 4.74 Å². The Labute approximate surface area is 89.2 Å². The zero-order valence-corrected chi connectivity index (χ0v) is 8.76. The first-order valence-corrected chi connectivity index (χ1v) is 5.84. The normalized spacial score (nSPS) is 45.8. The molecule has 0 radical (unpaired) electrons. The summed E-state index contributed by atoms with van der Waals surface area (Å²) in [6.07, 6.45) is 2.74. The van der Waals surface area contributed by atoms with Gasteiger partial charge in [0, 0.05) is 25.4 Å². The van der Waals surface area contributed by atoms with E-state index in [-0.39, 0.29) is 18.1 Å². The van der Waals surface area contributed by atoms with Crippen LogP contribution < -0.4 is 0 Å². The van der Waals surface area contributed by atoms with Gasteiger partial charge in [-0.1, -0.05) is 0 Å². The number of carbonyl (C=O) groups is 1. The molecule has 0 aromatic heterocycles. The van der Waals surface area contributed by atoms with Crippen LogP contribution in [0.3, 0.4) is 0 Å². The average Bonchev–Trinajstić information content (AvgIpc) is 2.84. The van der Waals surface area contributed by atoms with Crippen LogP contribution in [0.1, 0.15) is 19.3 Å². The van der Waals surface area contributed by atoms with E-state index in [1.165, 1.54) is 0 Å². The molecule has 4 nitrogen and oxygen atoms in total. The van der Waals surface area contributed by atoms with Crippen molar-refractivity contribution in [3.8, 4) is 0 Å². The zero-order valence-electron chi connectivity index (χ0n) is 8.76. The van der Waals surface area contributed by atoms with Crippen molar-refractivity contribution in [1.82, 2.24) is 4.90 Å². The predicted octanol–water partition coefficient (Wildman–Crippen LogP) is 0.00460. The lowest BCUT2D eigenvalue weighted by molar-refractivity contribution is -0.142. The molecule has 1 N–H and O–H groups in total. The summed E-state index contributed by atoms with van der Waals surface area (Å²) in [5, 5.41) is 9.78. The summed E-state index contributed by atoms with van der Waals surface area (Å²) < 4.78 is 4.98. The van der Waals surface area contributed by atoms with Gasteiger partial charge in [-0.25, -0.2) is 0 Å². The van der Waals surface area contributed by atoms with Gasteiger partial charge >= 0.3 is 5.97 Å². The maximum absolute atomic E-state index is 11.4. The first kappa shape index (κ1) is 9.60. The summed E-state index contributed by atoms with van der Waals surface area (Å²) >= 11 is 0. The van der Waals surface area contributed by atoms with Crippen LogP contribution in [-0.4, -0.2) is 47.8 Å². The van der Waals surface area contributed by atoms with Crippen LogP contribution in [0.2, 0.25) is 0 Å². The average molecular weight is 211 g/mol. The number of nitrogens with zero attached hydrogens (tertiary/aromatic N) is 1. The highest BCUT2D eigenvalue weighted by molar-refractivity contribution is 5.77. The molecule has 0 aromatic carbocycles. The van der Waals surface area contributed by atoms with Gasteiger partial charge in [-0.2, -0.15) is 0 Å². The Bertz CT molecular complexity index is 281. The number of hydrogen-bond acceptors (Lipinski definition) is 4. The van der Waals surface area contributed by atoms with Crippen molar-refractivity contribution in [2.45, 2.75) is 31.4 Å². The van der Waals surface area contributed by atoms with E-state index in [1.807, 2.05) is 0 Å². The second-order valence-corrected chi connectivity index (χ2v) is 4.99. The van der Waals surface area contributed by atoms with Crippen LogP contribution in [0, 0.1) is 11.8 Å². The highest BCUT2D eigenvalue weighted by atomic mass is 16.5. The smallest absolute Gasteiger partial charge is 0.323 e. The Kier molecular flexibility index (Phi) is 2.21. The maximum atomic E-state index is 11.4. The van der Waals surface area contributed by atoms with Gasteiger partial charge in [0.05, 0.1) is 12.7 Å². The van der Waals surface area contributed by atoms with E-state index in [0.717, 1.165) is 32.4 Å². The van der Waals surface area contributed by atoms with E-state index in [2.05, 4.69) is 4.90 Å². The summed E-state index contributed by atoms with van der Waals surface area (Å²) in [5.41, 5.74) is 0. The third-order valence-electron chi connectivity index (χ3n) is 4.20. The van der Waals surface area contributed by atoms with E-state index >= 15 is 0 Å². The third-order valence-corrected chi connectivity index (χ3v) is 4.20. The highest BCUT2D eigenvalue weighted by Crippen LogP contribution is 2.39. The summed E-state index contributed by atoms with van der Waals surface area (Å²) in [4.78, 5) is 13.7. The monoisotopic (exact) mass is 211 g/mol. The fourth-order valence-corrected chi connectivity index (χ4v) is 3.34. The molecule has 0 spiro atoms. The Morgan fingerprint density at radius 2 is 2.13 bits per heavy atom. The third kappa shape index (κ3) is 1.47. The topological polar surface area (TPSA) is 49.8 Å². The van der Waals surface area contributed by atoms with Gasteiger partial charge in [0.1, 0.15) is 6.04 Å². The van der Waals surface area contributed by atoms with Gasteiger partial charge in [0.25, 0.3) is 0 Å². The van der Waals surface area contributed by atoms with Crippen LogP contribution in [0.5, 0.6) is 0 Å². The second kappa shape index (κ2) is 3.46. The number of rotatable bonds is 1. The SMILES string of the molecule is O=C1OCCC1N1CC2CCC(O)C2C1. The molecule has 2 saturated heterocycles. The minimum atomic E-state index is -0.141. The van der Waals surface area contributed by atoms with Crippen LogP contribution >= 0.6 is 0 Å². The highest BCUT2D eigenvalue weighted by Gasteiger charge is 2.46. The van der Waals surface area contributed by atoms with Gasteiger partial charge in [-0.15, -0.1) is 0 Å². The van der Waals surface area contributed by atoms with Crippen LogP contribution in [-0.2, 0) is 9.53 Å². The summed E-state index contributed by atoms with van der Waals surface area (Å²) in [6.45, 7) is 2.42. The number of cyclic esters (lactones) is 1. The first-order chi connectivity index (χ1) is 7.25. The molecule has 2 aliphatic heterocycles. The van der Waals surface area contributed by atoms with E-state index in [0.29, 0.717) is 18.4 Å². The molecule has 1 saturated carbocycles. The van der Waals surface area contributed by atoms with Crippen LogP contribution in [0.4, 0.5) is 0 Å². The first-order valence-electron chi connectivity index (χ1n) is 5.84. The number of ether oxygens (including phenoxy) is 1.